The average Bonchev–Trinajstić information content (AvgIpc) is 2.69. The molecule has 3 rings (SSSR count). The van der Waals surface area contributed by atoms with Crippen molar-refractivity contribution in [3.63, 3.8) is 0 Å². The van der Waals surface area contributed by atoms with Crippen molar-refractivity contribution in [2.75, 3.05) is 11.9 Å². The van der Waals surface area contributed by atoms with Gasteiger partial charge < -0.3 is 10.1 Å². The van der Waals surface area contributed by atoms with Crippen LogP contribution in [-0.2, 0) is 29.4 Å². The molecule has 148 valence electrons. The SMILES string of the molecule is CCCCOC(=O)c1ccc(NC(=O)C2CCc3nn(C)c(=O)cc3C2)cc1. The summed E-state index contributed by atoms with van der Waals surface area (Å²) in [5.74, 6) is -0.658. The Kier molecular flexibility index (Phi) is 6.23. The largest absolute Gasteiger partial charge is 0.462 e. The Balaban J connectivity index is 1.59. The minimum atomic E-state index is -0.357. The van der Waals surface area contributed by atoms with Crippen LogP contribution in [0.4, 0.5) is 5.69 Å². The van der Waals surface area contributed by atoms with E-state index in [0.29, 0.717) is 37.1 Å². The monoisotopic (exact) mass is 383 g/mol. The zero-order valence-corrected chi connectivity index (χ0v) is 16.2. The molecule has 0 saturated heterocycles. The van der Waals surface area contributed by atoms with E-state index in [2.05, 4.69) is 10.4 Å². The molecule has 1 atom stereocenters. The molecule has 0 radical (unpaired) electrons. The Labute approximate surface area is 163 Å². The van der Waals surface area contributed by atoms with Gasteiger partial charge in [0.05, 0.1) is 17.9 Å². The normalized spacial score (nSPS) is 15.6. The molecular weight excluding hydrogens is 358 g/mol. The number of aryl methyl sites for hydroxylation is 2. The summed E-state index contributed by atoms with van der Waals surface area (Å²) >= 11 is 0. The van der Waals surface area contributed by atoms with E-state index in [0.717, 1.165) is 24.1 Å². The Morgan fingerprint density at radius 3 is 2.75 bits per heavy atom. The predicted molar refractivity (Wildman–Crippen MR) is 105 cm³/mol. The van der Waals surface area contributed by atoms with E-state index in [9.17, 15) is 14.4 Å². The first-order chi connectivity index (χ1) is 13.5. The van der Waals surface area contributed by atoms with Crippen LogP contribution in [0.1, 0.15) is 47.8 Å². The second-order valence-electron chi connectivity index (χ2n) is 7.07. The second kappa shape index (κ2) is 8.82. The summed E-state index contributed by atoms with van der Waals surface area (Å²) < 4.78 is 6.50. The van der Waals surface area contributed by atoms with E-state index in [1.807, 2.05) is 6.92 Å². The molecule has 0 saturated carbocycles. The second-order valence-corrected chi connectivity index (χ2v) is 7.07. The van der Waals surface area contributed by atoms with Gasteiger partial charge in [-0.25, -0.2) is 9.48 Å². The maximum absolute atomic E-state index is 12.6. The summed E-state index contributed by atoms with van der Waals surface area (Å²) in [4.78, 5) is 36.3. The highest BCUT2D eigenvalue weighted by Gasteiger charge is 2.26. The minimum absolute atomic E-state index is 0.0930. The summed E-state index contributed by atoms with van der Waals surface area (Å²) in [5, 5.41) is 7.16. The van der Waals surface area contributed by atoms with Crippen LogP contribution < -0.4 is 10.9 Å². The van der Waals surface area contributed by atoms with Gasteiger partial charge in [-0.2, -0.15) is 5.10 Å². The average molecular weight is 383 g/mol. The number of fused-ring (bicyclic) bond motifs is 1. The number of hydrogen-bond donors (Lipinski definition) is 1. The molecule has 1 heterocycles. The summed E-state index contributed by atoms with van der Waals surface area (Å²) in [6, 6.07) is 8.26. The van der Waals surface area contributed by atoms with Crippen LogP contribution in [-0.4, -0.2) is 28.3 Å². The Hall–Kier alpha value is -2.96. The fourth-order valence-electron chi connectivity index (χ4n) is 3.24. The number of esters is 1. The van der Waals surface area contributed by atoms with Gasteiger partial charge in [0.15, 0.2) is 0 Å². The first-order valence-electron chi connectivity index (χ1n) is 9.62. The third-order valence-corrected chi connectivity index (χ3v) is 4.94. The summed E-state index contributed by atoms with van der Waals surface area (Å²) in [5.41, 5.74) is 2.66. The molecule has 1 amide bonds. The molecule has 28 heavy (non-hydrogen) atoms. The zero-order valence-electron chi connectivity index (χ0n) is 16.2. The number of amides is 1. The van der Waals surface area contributed by atoms with Gasteiger partial charge in [-0.3, -0.25) is 9.59 Å². The summed E-state index contributed by atoms with van der Waals surface area (Å²) in [6.45, 7) is 2.45. The van der Waals surface area contributed by atoms with Crippen molar-refractivity contribution < 1.29 is 14.3 Å². The molecule has 0 fully saturated rings. The lowest BCUT2D eigenvalue weighted by molar-refractivity contribution is -0.120. The molecule has 0 bridgehead atoms. The van der Waals surface area contributed by atoms with Gasteiger partial charge in [0, 0.05) is 24.7 Å². The van der Waals surface area contributed by atoms with E-state index < -0.39 is 0 Å². The van der Waals surface area contributed by atoms with Crippen LogP contribution in [0, 0.1) is 5.92 Å². The van der Waals surface area contributed by atoms with Crippen molar-refractivity contribution in [3.8, 4) is 0 Å². The standard InChI is InChI=1S/C21H25N3O4/c1-3-4-11-28-21(27)14-5-8-17(9-6-14)22-20(26)15-7-10-18-16(12-15)13-19(25)24(2)23-18/h5-6,8-9,13,15H,3-4,7,10-12H2,1-2H3,(H,22,26). The number of anilines is 1. The third kappa shape index (κ3) is 4.65. The molecule has 1 aromatic heterocycles. The van der Waals surface area contributed by atoms with Crippen LogP contribution in [0.5, 0.6) is 0 Å². The molecule has 1 aliphatic carbocycles. The molecule has 7 heteroatoms. The number of carbonyl (C=O) groups is 2. The number of ether oxygens (including phenoxy) is 1. The number of benzene rings is 1. The summed E-state index contributed by atoms with van der Waals surface area (Å²) in [6.07, 6.45) is 3.67. The van der Waals surface area contributed by atoms with E-state index >= 15 is 0 Å². The van der Waals surface area contributed by atoms with Gasteiger partial charge >= 0.3 is 5.97 Å². The van der Waals surface area contributed by atoms with Crippen LogP contribution in [0.25, 0.3) is 0 Å². The summed E-state index contributed by atoms with van der Waals surface area (Å²) in [7, 11) is 1.63. The van der Waals surface area contributed by atoms with Crippen molar-refractivity contribution >= 4 is 17.6 Å². The number of nitrogens with zero attached hydrogens (tertiary/aromatic N) is 2. The number of unbranched alkanes of at least 4 members (excludes halogenated alkanes) is 1. The number of nitrogens with one attached hydrogen (secondary N) is 1. The lowest BCUT2D eigenvalue weighted by atomic mass is 9.86. The Bertz CT molecular complexity index is 918. The molecule has 1 aliphatic rings. The van der Waals surface area contributed by atoms with Crippen LogP contribution in [0.2, 0.25) is 0 Å². The van der Waals surface area contributed by atoms with Crippen LogP contribution in [0.3, 0.4) is 0 Å². The fraction of sp³-hybridized carbons (Fsp3) is 0.429. The highest BCUT2D eigenvalue weighted by atomic mass is 16.5. The molecular formula is C21H25N3O4. The van der Waals surface area contributed by atoms with E-state index in [4.69, 9.17) is 4.74 Å². The van der Waals surface area contributed by atoms with Gasteiger partial charge in [-0.15, -0.1) is 0 Å². The molecule has 2 aromatic rings. The molecule has 0 aliphatic heterocycles. The molecule has 1 N–H and O–H groups in total. The van der Waals surface area contributed by atoms with Gasteiger partial charge in [0.25, 0.3) is 5.56 Å². The highest BCUT2D eigenvalue weighted by Crippen LogP contribution is 2.24. The maximum Gasteiger partial charge on any atom is 0.338 e. The van der Waals surface area contributed by atoms with Crippen molar-refractivity contribution in [1.29, 1.82) is 0 Å². The van der Waals surface area contributed by atoms with Crippen molar-refractivity contribution in [2.24, 2.45) is 13.0 Å². The smallest absolute Gasteiger partial charge is 0.338 e. The van der Waals surface area contributed by atoms with E-state index in [1.165, 1.54) is 4.68 Å². The zero-order chi connectivity index (χ0) is 20.1. The lowest BCUT2D eigenvalue weighted by Gasteiger charge is -2.23. The Morgan fingerprint density at radius 1 is 1.29 bits per heavy atom. The van der Waals surface area contributed by atoms with Crippen molar-refractivity contribution in [2.45, 2.75) is 39.0 Å². The van der Waals surface area contributed by atoms with Gasteiger partial charge in [-0.1, -0.05) is 13.3 Å². The number of carbonyl (C=O) groups excluding carboxylic acids is 2. The van der Waals surface area contributed by atoms with Crippen molar-refractivity contribution in [3.05, 3.63) is 57.5 Å². The topological polar surface area (TPSA) is 90.3 Å². The Morgan fingerprint density at radius 2 is 2.04 bits per heavy atom. The molecule has 1 unspecified atom stereocenters. The van der Waals surface area contributed by atoms with Crippen molar-refractivity contribution in [1.82, 2.24) is 9.78 Å². The fourth-order valence-corrected chi connectivity index (χ4v) is 3.24. The van der Waals surface area contributed by atoms with Crippen LogP contribution >= 0.6 is 0 Å². The highest BCUT2D eigenvalue weighted by molar-refractivity contribution is 5.94. The van der Waals surface area contributed by atoms with E-state index in [1.54, 1.807) is 37.4 Å². The van der Waals surface area contributed by atoms with Crippen LogP contribution in [0.15, 0.2) is 35.1 Å². The quantitative estimate of drug-likeness (QED) is 0.611. The van der Waals surface area contributed by atoms with E-state index in [-0.39, 0.29) is 23.4 Å². The van der Waals surface area contributed by atoms with Gasteiger partial charge in [0.2, 0.25) is 5.91 Å². The van der Waals surface area contributed by atoms with Gasteiger partial charge in [0.1, 0.15) is 0 Å². The molecule has 7 nitrogen and oxygen atoms in total. The first-order valence-corrected chi connectivity index (χ1v) is 9.62. The number of rotatable bonds is 6. The first kappa shape index (κ1) is 19.8. The number of hydrogen-bond acceptors (Lipinski definition) is 5. The molecule has 1 aromatic carbocycles. The minimum Gasteiger partial charge on any atom is -0.462 e. The lowest BCUT2D eigenvalue weighted by Crippen LogP contribution is -2.31. The predicted octanol–water partition coefficient (Wildman–Crippen LogP) is 2.48. The molecule has 0 spiro atoms. The number of aromatic nitrogens is 2. The third-order valence-electron chi connectivity index (χ3n) is 4.94. The maximum atomic E-state index is 12.6. The van der Waals surface area contributed by atoms with Gasteiger partial charge in [-0.05, 0) is 55.5 Å².